The first kappa shape index (κ1) is 16.8. The van der Waals surface area contributed by atoms with Crippen molar-refractivity contribution < 1.29 is 4.79 Å². The molecule has 0 saturated carbocycles. The average Bonchev–Trinajstić information content (AvgIpc) is 3.25. The molecule has 26 heavy (non-hydrogen) atoms. The highest BCUT2D eigenvalue weighted by Gasteiger charge is 2.34. The van der Waals surface area contributed by atoms with Gasteiger partial charge in [0.15, 0.2) is 0 Å². The molecule has 1 aromatic heterocycles. The van der Waals surface area contributed by atoms with Crippen LogP contribution in [-0.2, 0) is 17.9 Å². The molecule has 4 rings (SSSR count). The second-order valence-corrected chi connectivity index (χ2v) is 7.51. The molecule has 6 heteroatoms. The molecule has 1 unspecified atom stereocenters. The van der Waals surface area contributed by atoms with Crippen LogP contribution in [0.25, 0.3) is 0 Å². The van der Waals surface area contributed by atoms with Gasteiger partial charge in [0.05, 0.1) is 18.5 Å². The molecule has 0 spiro atoms. The number of carbonyl (C=O) groups excluding carboxylic acids is 1. The van der Waals surface area contributed by atoms with Crippen molar-refractivity contribution in [1.29, 1.82) is 0 Å². The summed E-state index contributed by atoms with van der Waals surface area (Å²) in [5.41, 5.74) is 4.42. The highest BCUT2D eigenvalue weighted by molar-refractivity contribution is 8.00. The molecule has 1 saturated heterocycles. The second-order valence-electron chi connectivity index (χ2n) is 6.44. The molecule has 3 aromatic rings. The Kier molecular flexibility index (Phi) is 4.75. The summed E-state index contributed by atoms with van der Waals surface area (Å²) in [6.07, 6.45) is 1.96. The lowest BCUT2D eigenvalue weighted by Crippen LogP contribution is -2.27. The lowest BCUT2D eigenvalue weighted by molar-refractivity contribution is -0.128. The normalized spacial score (nSPS) is 17.0. The summed E-state index contributed by atoms with van der Waals surface area (Å²) in [6, 6.07) is 18.3. The molecule has 2 aromatic carbocycles. The fourth-order valence-electron chi connectivity index (χ4n) is 3.12. The lowest BCUT2D eigenvalue weighted by Gasteiger charge is -2.22. The first-order valence-electron chi connectivity index (χ1n) is 8.60. The summed E-state index contributed by atoms with van der Waals surface area (Å²) in [4.78, 5) is 14.2. The monoisotopic (exact) mass is 364 g/mol. The van der Waals surface area contributed by atoms with Gasteiger partial charge in [0, 0.05) is 6.54 Å². The summed E-state index contributed by atoms with van der Waals surface area (Å²) in [6.45, 7) is 3.38. The third-order valence-electron chi connectivity index (χ3n) is 4.57. The van der Waals surface area contributed by atoms with E-state index in [4.69, 9.17) is 0 Å². The molecular weight excluding hydrogens is 344 g/mol. The number of hydrogen-bond donors (Lipinski definition) is 0. The minimum atomic E-state index is -0.0756. The van der Waals surface area contributed by atoms with Gasteiger partial charge in [-0.2, -0.15) is 0 Å². The quantitative estimate of drug-likeness (QED) is 0.696. The average molecular weight is 364 g/mol. The largest absolute Gasteiger partial charge is 0.320 e. The van der Waals surface area contributed by atoms with Gasteiger partial charge in [-0.05, 0) is 23.6 Å². The van der Waals surface area contributed by atoms with Crippen LogP contribution < -0.4 is 0 Å². The van der Waals surface area contributed by atoms with Crippen molar-refractivity contribution >= 4 is 17.7 Å². The molecule has 1 aliphatic heterocycles. The molecule has 1 aliphatic rings. The molecule has 1 fully saturated rings. The Morgan fingerprint density at radius 1 is 1.08 bits per heavy atom. The first-order chi connectivity index (χ1) is 12.7. The van der Waals surface area contributed by atoms with Crippen LogP contribution in [0.15, 0.2) is 60.8 Å². The summed E-state index contributed by atoms with van der Waals surface area (Å²) >= 11 is 1.61. The highest BCUT2D eigenvalue weighted by atomic mass is 32.2. The predicted octanol–water partition coefficient (Wildman–Crippen LogP) is 3.41. The number of rotatable bonds is 5. The molecule has 5 nitrogen and oxygen atoms in total. The highest BCUT2D eigenvalue weighted by Crippen LogP contribution is 2.38. The number of benzene rings is 2. The van der Waals surface area contributed by atoms with Gasteiger partial charge in [0.2, 0.25) is 5.91 Å². The van der Waals surface area contributed by atoms with Gasteiger partial charge >= 0.3 is 0 Å². The minimum Gasteiger partial charge on any atom is -0.320 e. The van der Waals surface area contributed by atoms with Crippen LogP contribution in [0.4, 0.5) is 0 Å². The van der Waals surface area contributed by atoms with Crippen LogP contribution in [0.1, 0.15) is 27.8 Å². The Labute approximate surface area is 157 Å². The van der Waals surface area contributed by atoms with E-state index in [0.29, 0.717) is 18.8 Å². The molecular formula is C20H20N4OS. The first-order valence-corrected chi connectivity index (χ1v) is 9.65. The topological polar surface area (TPSA) is 51.0 Å². The van der Waals surface area contributed by atoms with E-state index in [1.807, 2.05) is 58.2 Å². The number of aryl methyl sites for hydroxylation is 1. The van der Waals surface area contributed by atoms with E-state index >= 15 is 0 Å². The summed E-state index contributed by atoms with van der Waals surface area (Å²) in [7, 11) is 0. The third-order valence-corrected chi connectivity index (χ3v) is 5.79. The Hall–Kier alpha value is -2.60. The third kappa shape index (κ3) is 3.51. The second kappa shape index (κ2) is 7.33. The number of amides is 1. The van der Waals surface area contributed by atoms with E-state index in [1.165, 1.54) is 11.1 Å². The minimum absolute atomic E-state index is 0.0756. The predicted molar refractivity (Wildman–Crippen MR) is 102 cm³/mol. The Bertz CT molecular complexity index is 909. The molecule has 0 aliphatic carbocycles. The van der Waals surface area contributed by atoms with Gasteiger partial charge < -0.3 is 4.90 Å². The number of nitrogens with zero attached hydrogens (tertiary/aromatic N) is 4. The summed E-state index contributed by atoms with van der Waals surface area (Å²) < 4.78 is 1.85. The van der Waals surface area contributed by atoms with Crippen molar-refractivity contribution in [3.63, 3.8) is 0 Å². The van der Waals surface area contributed by atoms with E-state index in [1.54, 1.807) is 11.8 Å². The SMILES string of the molecule is Cc1ccccc1Cn1cc(C2SCC(=O)N2Cc2ccccc2)nn1. The number of aromatic nitrogens is 3. The van der Waals surface area contributed by atoms with Gasteiger partial charge in [0.25, 0.3) is 0 Å². The molecule has 1 amide bonds. The number of hydrogen-bond acceptors (Lipinski definition) is 4. The van der Waals surface area contributed by atoms with Crippen molar-refractivity contribution in [2.45, 2.75) is 25.4 Å². The van der Waals surface area contributed by atoms with Crippen molar-refractivity contribution in [2.75, 3.05) is 5.75 Å². The van der Waals surface area contributed by atoms with Crippen LogP contribution in [-0.4, -0.2) is 31.6 Å². The van der Waals surface area contributed by atoms with Gasteiger partial charge in [-0.3, -0.25) is 4.79 Å². The van der Waals surface area contributed by atoms with Gasteiger partial charge in [-0.15, -0.1) is 16.9 Å². The van der Waals surface area contributed by atoms with E-state index in [2.05, 4.69) is 29.4 Å². The van der Waals surface area contributed by atoms with E-state index in [-0.39, 0.29) is 11.3 Å². The Morgan fingerprint density at radius 3 is 2.65 bits per heavy atom. The van der Waals surface area contributed by atoms with Crippen LogP contribution in [0.2, 0.25) is 0 Å². The molecule has 0 radical (unpaired) electrons. The van der Waals surface area contributed by atoms with E-state index in [9.17, 15) is 4.79 Å². The van der Waals surface area contributed by atoms with Crippen molar-refractivity contribution in [3.8, 4) is 0 Å². The summed E-state index contributed by atoms with van der Waals surface area (Å²) in [5, 5.41) is 8.55. The maximum Gasteiger partial charge on any atom is 0.234 e. The fourth-order valence-corrected chi connectivity index (χ4v) is 4.23. The zero-order valence-electron chi connectivity index (χ0n) is 14.6. The fraction of sp³-hybridized carbons (Fsp3) is 0.250. The van der Waals surface area contributed by atoms with Gasteiger partial charge in [-0.1, -0.05) is 59.8 Å². The smallest absolute Gasteiger partial charge is 0.234 e. The van der Waals surface area contributed by atoms with Crippen LogP contribution in [0.3, 0.4) is 0 Å². The van der Waals surface area contributed by atoms with E-state index < -0.39 is 0 Å². The van der Waals surface area contributed by atoms with Crippen molar-refractivity contribution in [1.82, 2.24) is 19.9 Å². The van der Waals surface area contributed by atoms with Gasteiger partial charge in [0.1, 0.15) is 11.1 Å². The van der Waals surface area contributed by atoms with Gasteiger partial charge in [-0.25, -0.2) is 4.68 Å². The lowest BCUT2D eigenvalue weighted by atomic mass is 10.1. The molecule has 1 atom stereocenters. The molecule has 0 bridgehead atoms. The molecule has 0 N–H and O–H groups in total. The number of carbonyl (C=O) groups is 1. The molecule has 2 heterocycles. The van der Waals surface area contributed by atoms with E-state index in [0.717, 1.165) is 11.3 Å². The number of thioether (sulfide) groups is 1. The van der Waals surface area contributed by atoms with Crippen LogP contribution in [0, 0.1) is 6.92 Å². The van der Waals surface area contributed by atoms with Crippen LogP contribution >= 0.6 is 11.8 Å². The Morgan fingerprint density at radius 2 is 1.85 bits per heavy atom. The van der Waals surface area contributed by atoms with Crippen molar-refractivity contribution in [2.24, 2.45) is 0 Å². The summed E-state index contributed by atoms with van der Waals surface area (Å²) in [5.74, 6) is 0.639. The maximum atomic E-state index is 12.4. The maximum absolute atomic E-state index is 12.4. The molecule has 132 valence electrons. The standard InChI is InChI=1S/C20H20N4OS/c1-15-7-5-6-10-17(15)12-23-13-18(21-22-23)20-24(19(25)14-26-20)11-16-8-3-2-4-9-16/h2-10,13,20H,11-12,14H2,1H3. The zero-order chi connectivity index (χ0) is 17.9. The van der Waals surface area contributed by atoms with Crippen LogP contribution in [0.5, 0.6) is 0 Å². The van der Waals surface area contributed by atoms with Crippen molar-refractivity contribution in [3.05, 3.63) is 83.2 Å². The Balaban J connectivity index is 1.52. The zero-order valence-corrected chi connectivity index (χ0v) is 15.4.